The summed E-state index contributed by atoms with van der Waals surface area (Å²) in [6.07, 6.45) is 0.790. The van der Waals surface area contributed by atoms with E-state index in [1.54, 1.807) is 25.1 Å². The molecule has 3 aromatic rings. The molecule has 0 unspecified atom stereocenters. The van der Waals surface area contributed by atoms with Gasteiger partial charge in [0.2, 0.25) is 5.89 Å². The van der Waals surface area contributed by atoms with Gasteiger partial charge in [-0.2, -0.15) is 4.98 Å². The molecule has 4 rings (SSSR count). The minimum Gasteiger partial charge on any atom is -0.482 e. The van der Waals surface area contributed by atoms with Crippen LogP contribution in [0.25, 0.3) is 0 Å². The standard InChI is InChI=1S/C20H20N4O5S/c1-3-14-5-4-6-15(9-14)23-30(26,27)16-7-8-18-17(10-16)24(20(25)12-28-18)11-19-21-13(2)29-22-19/h4-10,23H,3,11-12H2,1-2H3. The van der Waals surface area contributed by atoms with Crippen molar-refractivity contribution in [2.45, 2.75) is 31.7 Å². The summed E-state index contributed by atoms with van der Waals surface area (Å²) >= 11 is 0. The van der Waals surface area contributed by atoms with Crippen LogP contribution >= 0.6 is 0 Å². The van der Waals surface area contributed by atoms with Gasteiger partial charge in [-0.1, -0.05) is 24.2 Å². The highest BCUT2D eigenvalue weighted by molar-refractivity contribution is 7.92. The number of amides is 1. The molecule has 0 saturated carbocycles. The second-order valence-electron chi connectivity index (χ2n) is 6.79. The van der Waals surface area contributed by atoms with E-state index in [1.807, 2.05) is 13.0 Å². The Kier molecular flexibility index (Phi) is 5.17. The first kappa shape index (κ1) is 19.9. The van der Waals surface area contributed by atoms with Crippen LogP contribution in [0.2, 0.25) is 0 Å². The maximum Gasteiger partial charge on any atom is 0.265 e. The number of nitrogens with one attached hydrogen (secondary N) is 1. The van der Waals surface area contributed by atoms with Crippen LogP contribution in [0.15, 0.2) is 51.9 Å². The minimum atomic E-state index is -3.87. The molecule has 0 spiro atoms. The molecule has 30 heavy (non-hydrogen) atoms. The highest BCUT2D eigenvalue weighted by Crippen LogP contribution is 2.35. The molecule has 10 heteroatoms. The van der Waals surface area contributed by atoms with Crippen molar-refractivity contribution in [2.24, 2.45) is 0 Å². The van der Waals surface area contributed by atoms with Crippen LogP contribution in [0.4, 0.5) is 11.4 Å². The molecule has 1 N–H and O–H groups in total. The third-order valence-electron chi connectivity index (χ3n) is 4.64. The lowest BCUT2D eigenvalue weighted by Crippen LogP contribution is -2.38. The largest absolute Gasteiger partial charge is 0.482 e. The highest BCUT2D eigenvalue weighted by atomic mass is 32.2. The van der Waals surface area contributed by atoms with Crippen molar-refractivity contribution in [2.75, 3.05) is 16.2 Å². The average molecular weight is 428 g/mol. The molecule has 156 valence electrons. The van der Waals surface area contributed by atoms with Crippen molar-refractivity contribution in [1.82, 2.24) is 10.1 Å². The van der Waals surface area contributed by atoms with Crippen LogP contribution in [-0.4, -0.2) is 31.1 Å². The number of carbonyl (C=O) groups excluding carboxylic acids is 1. The number of rotatable bonds is 6. The minimum absolute atomic E-state index is 0.00995. The van der Waals surface area contributed by atoms with E-state index in [4.69, 9.17) is 9.26 Å². The highest BCUT2D eigenvalue weighted by Gasteiger charge is 2.29. The number of fused-ring (bicyclic) bond motifs is 1. The van der Waals surface area contributed by atoms with Gasteiger partial charge in [-0.15, -0.1) is 0 Å². The van der Waals surface area contributed by atoms with Crippen LogP contribution < -0.4 is 14.4 Å². The number of aryl methyl sites for hydroxylation is 2. The molecule has 9 nitrogen and oxygen atoms in total. The molecule has 0 aliphatic carbocycles. The molecule has 2 aromatic carbocycles. The normalized spacial score (nSPS) is 13.7. The second kappa shape index (κ2) is 7.79. The fraction of sp³-hybridized carbons (Fsp3) is 0.250. The first-order valence-electron chi connectivity index (χ1n) is 9.34. The van der Waals surface area contributed by atoms with Crippen molar-refractivity contribution in [3.8, 4) is 5.75 Å². The molecule has 1 aromatic heterocycles. The van der Waals surface area contributed by atoms with Gasteiger partial charge in [0, 0.05) is 12.6 Å². The van der Waals surface area contributed by atoms with E-state index in [0.29, 0.717) is 28.8 Å². The molecule has 0 radical (unpaired) electrons. The Morgan fingerprint density at radius 2 is 2.03 bits per heavy atom. The molecule has 2 heterocycles. The lowest BCUT2D eigenvalue weighted by atomic mass is 10.1. The summed E-state index contributed by atoms with van der Waals surface area (Å²) in [5.41, 5.74) is 1.82. The zero-order valence-corrected chi connectivity index (χ0v) is 17.3. The van der Waals surface area contributed by atoms with Crippen LogP contribution in [0.1, 0.15) is 24.2 Å². The lowest BCUT2D eigenvalue weighted by Gasteiger charge is -2.28. The van der Waals surface area contributed by atoms with E-state index in [1.165, 1.54) is 23.1 Å². The van der Waals surface area contributed by atoms with E-state index in [-0.39, 0.29) is 24.0 Å². The van der Waals surface area contributed by atoms with Gasteiger partial charge < -0.3 is 9.26 Å². The number of sulfonamides is 1. The number of nitrogens with zero attached hydrogens (tertiary/aromatic N) is 3. The van der Waals surface area contributed by atoms with E-state index < -0.39 is 10.0 Å². The van der Waals surface area contributed by atoms with E-state index in [2.05, 4.69) is 14.9 Å². The van der Waals surface area contributed by atoms with Crippen LogP contribution in [0.3, 0.4) is 0 Å². The van der Waals surface area contributed by atoms with Gasteiger partial charge in [-0.05, 0) is 42.3 Å². The SMILES string of the molecule is CCc1cccc(NS(=O)(=O)c2ccc3c(c2)N(Cc2noc(C)n2)C(=O)CO3)c1. The molecule has 1 amide bonds. The number of carbonyl (C=O) groups is 1. The Labute approximate surface area is 173 Å². The zero-order valence-electron chi connectivity index (χ0n) is 16.5. The zero-order chi connectivity index (χ0) is 21.3. The van der Waals surface area contributed by atoms with Gasteiger partial charge in [0.25, 0.3) is 15.9 Å². The molecular weight excluding hydrogens is 408 g/mol. The quantitative estimate of drug-likeness (QED) is 0.642. The Morgan fingerprint density at radius 3 is 2.77 bits per heavy atom. The van der Waals surface area contributed by atoms with Gasteiger partial charge in [0.1, 0.15) is 5.75 Å². The summed E-state index contributed by atoms with van der Waals surface area (Å²) in [5, 5.41) is 3.81. The third-order valence-corrected chi connectivity index (χ3v) is 6.02. The molecule has 1 aliphatic rings. The van der Waals surface area contributed by atoms with Crippen LogP contribution in [0, 0.1) is 6.92 Å². The van der Waals surface area contributed by atoms with Crippen molar-refractivity contribution in [3.05, 3.63) is 59.7 Å². The fourth-order valence-corrected chi connectivity index (χ4v) is 4.21. The number of benzene rings is 2. The predicted octanol–water partition coefficient (Wildman–Crippen LogP) is 2.67. The maximum absolute atomic E-state index is 12.9. The van der Waals surface area contributed by atoms with Gasteiger partial charge >= 0.3 is 0 Å². The van der Waals surface area contributed by atoms with Crippen molar-refractivity contribution in [1.29, 1.82) is 0 Å². The first-order valence-corrected chi connectivity index (χ1v) is 10.8. The molecule has 0 fully saturated rings. The average Bonchev–Trinajstić information content (AvgIpc) is 3.14. The van der Waals surface area contributed by atoms with Gasteiger partial charge in [-0.25, -0.2) is 8.42 Å². The number of hydrogen-bond donors (Lipinski definition) is 1. The fourth-order valence-electron chi connectivity index (χ4n) is 3.14. The molecular formula is C20H20N4O5S. The summed E-state index contributed by atoms with van der Waals surface area (Å²) in [6.45, 7) is 3.53. The first-order chi connectivity index (χ1) is 14.4. The predicted molar refractivity (Wildman–Crippen MR) is 109 cm³/mol. The van der Waals surface area contributed by atoms with E-state index in [0.717, 1.165) is 12.0 Å². The lowest BCUT2D eigenvalue weighted by molar-refractivity contribution is -0.121. The monoisotopic (exact) mass is 428 g/mol. The summed E-state index contributed by atoms with van der Waals surface area (Å²) in [4.78, 5) is 18.0. The molecule has 0 atom stereocenters. The van der Waals surface area contributed by atoms with Crippen molar-refractivity contribution in [3.63, 3.8) is 0 Å². The number of anilines is 2. The Bertz CT molecular complexity index is 1210. The van der Waals surface area contributed by atoms with Gasteiger partial charge in [0.15, 0.2) is 12.4 Å². The Morgan fingerprint density at radius 1 is 1.20 bits per heavy atom. The summed E-state index contributed by atoms with van der Waals surface area (Å²) in [5.74, 6) is 0.766. The van der Waals surface area contributed by atoms with Crippen LogP contribution in [-0.2, 0) is 27.8 Å². The van der Waals surface area contributed by atoms with E-state index >= 15 is 0 Å². The van der Waals surface area contributed by atoms with E-state index in [9.17, 15) is 13.2 Å². The van der Waals surface area contributed by atoms with Crippen molar-refractivity contribution >= 4 is 27.3 Å². The summed E-state index contributed by atoms with van der Waals surface area (Å²) in [6, 6.07) is 11.6. The molecule has 1 aliphatic heterocycles. The topological polar surface area (TPSA) is 115 Å². The summed E-state index contributed by atoms with van der Waals surface area (Å²) < 4.78 is 38.9. The van der Waals surface area contributed by atoms with Crippen molar-refractivity contribution < 1.29 is 22.5 Å². The Hall–Kier alpha value is -3.40. The maximum atomic E-state index is 12.9. The van der Waals surface area contributed by atoms with Gasteiger partial charge in [-0.3, -0.25) is 14.4 Å². The number of aromatic nitrogens is 2. The third kappa shape index (κ3) is 3.99. The summed E-state index contributed by atoms with van der Waals surface area (Å²) in [7, 11) is -3.87. The molecule has 0 bridgehead atoms. The number of hydrogen-bond acceptors (Lipinski definition) is 7. The number of ether oxygens (including phenoxy) is 1. The van der Waals surface area contributed by atoms with Crippen LogP contribution in [0.5, 0.6) is 5.75 Å². The van der Waals surface area contributed by atoms with Gasteiger partial charge in [0.05, 0.1) is 17.1 Å². The smallest absolute Gasteiger partial charge is 0.265 e. The Balaban J connectivity index is 1.66. The molecule has 0 saturated heterocycles. The second-order valence-corrected chi connectivity index (χ2v) is 8.47.